The van der Waals surface area contributed by atoms with Crippen molar-refractivity contribution in [3.63, 3.8) is 0 Å². The molecule has 2 aromatic heterocycles. The Morgan fingerprint density at radius 2 is 1.76 bits per heavy atom. The second kappa shape index (κ2) is 9.68. The van der Waals surface area contributed by atoms with Crippen LogP contribution in [0.3, 0.4) is 0 Å². The minimum atomic E-state index is -0.582. The monoisotopic (exact) mass is 447 g/mol. The van der Waals surface area contributed by atoms with Crippen LogP contribution in [0.25, 0.3) is 0 Å². The van der Waals surface area contributed by atoms with Crippen molar-refractivity contribution in [1.29, 1.82) is 0 Å². The molecule has 33 heavy (non-hydrogen) atoms. The smallest absolute Gasteiger partial charge is 0.343 e. The number of benzene rings is 1. The first-order valence-corrected chi connectivity index (χ1v) is 10.7. The third kappa shape index (κ3) is 4.79. The lowest BCUT2D eigenvalue weighted by molar-refractivity contribution is 0.0592. The second-order valence-electron chi connectivity index (χ2n) is 7.86. The maximum Gasteiger partial charge on any atom is 0.343 e. The topological polar surface area (TPSA) is 90.7 Å². The van der Waals surface area contributed by atoms with Gasteiger partial charge in [-0.05, 0) is 36.8 Å². The molecule has 0 spiro atoms. The molecule has 1 amide bonds. The lowest BCUT2D eigenvalue weighted by Crippen LogP contribution is -2.34. The van der Waals surface area contributed by atoms with E-state index in [1.807, 2.05) is 19.1 Å². The number of esters is 1. The Morgan fingerprint density at radius 1 is 1.03 bits per heavy atom. The number of nitrogens with zero attached hydrogens (tertiary/aromatic N) is 3. The molecule has 4 rings (SSSR count). The van der Waals surface area contributed by atoms with Crippen molar-refractivity contribution in [3.05, 3.63) is 93.2 Å². The maximum absolute atomic E-state index is 13.0. The number of hydrogen-bond donors (Lipinski definition) is 0. The molecule has 3 heterocycles. The predicted octanol–water partition coefficient (Wildman–Crippen LogP) is 2.62. The van der Waals surface area contributed by atoms with E-state index in [-0.39, 0.29) is 35.9 Å². The first-order chi connectivity index (χ1) is 16.0. The minimum Gasteiger partial charge on any atom is -0.488 e. The number of ether oxygens (including phenoxy) is 2. The van der Waals surface area contributed by atoms with Gasteiger partial charge in [0.1, 0.15) is 17.9 Å². The van der Waals surface area contributed by atoms with E-state index in [0.717, 1.165) is 11.1 Å². The normalized spacial score (nSPS) is 13.1. The van der Waals surface area contributed by atoms with E-state index >= 15 is 0 Å². The number of amides is 1. The van der Waals surface area contributed by atoms with Crippen LogP contribution in [0.4, 0.5) is 0 Å². The summed E-state index contributed by atoms with van der Waals surface area (Å²) in [5.41, 5.74) is 2.96. The Balaban J connectivity index is 1.63. The average molecular weight is 447 g/mol. The molecule has 1 aliphatic heterocycles. The molecular weight excluding hydrogens is 422 g/mol. The van der Waals surface area contributed by atoms with Gasteiger partial charge in [0.25, 0.3) is 11.5 Å². The van der Waals surface area contributed by atoms with Crippen molar-refractivity contribution in [1.82, 2.24) is 14.5 Å². The number of carbonyl (C=O) groups is 2. The van der Waals surface area contributed by atoms with Gasteiger partial charge < -0.3 is 18.9 Å². The molecule has 8 heteroatoms. The van der Waals surface area contributed by atoms with E-state index in [4.69, 9.17) is 9.47 Å². The molecule has 0 N–H and O–H groups in total. The van der Waals surface area contributed by atoms with Gasteiger partial charge >= 0.3 is 5.97 Å². The van der Waals surface area contributed by atoms with Crippen LogP contribution in [0.15, 0.2) is 59.7 Å². The molecule has 0 aliphatic carbocycles. The fourth-order valence-corrected chi connectivity index (χ4v) is 3.91. The maximum atomic E-state index is 13.0. The number of carbonyl (C=O) groups excluding carboxylic acids is 2. The zero-order chi connectivity index (χ0) is 23.4. The highest BCUT2D eigenvalue weighted by atomic mass is 16.5. The molecule has 8 nitrogen and oxygen atoms in total. The Bertz CT molecular complexity index is 1220. The van der Waals surface area contributed by atoms with Gasteiger partial charge in [0.15, 0.2) is 0 Å². The summed E-state index contributed by atoms with van der Waals surface area (Å²) in [6.07, 6.45) is 3.61. The number of pyridine rings is 2. The number of methoxy groups -OCH3 is 1. The molecule has 3 aromatic rings. The molecule has 0 fully saturated rings. The van der Waals surface area contributed by atoms with Crippen molar-refractivity contribution < 1.29 is 19.1 Å². The van der Waals surface area contributed by atoms with Gasteiger partial charge in [-0.15, -0.1) is 0 Å². The molecule has 0 atom stereocenters. The van der Waals surface area contributed by atoms with Crippen LogP contribution in [-0.4, -0.2) is 46.5 Å². The quantitative estimate of drug-likeness (QED) is 0.559. The summed E-state index contributed by atoms with van der Waals surface area (Å²) in [7, 11) is 1.29. The number of hydrogen-bond acceptors (Lipinski definition) is 6. The molecule has 1 aliphatic rings. The van der Waals surface area contributed by atoms with Crippen LogP contribution in [0.2, 0.25) is 0 Å². The lowest BCUT2D eigenvalue weighted by Gasteiger charge is -2.20. The van der Waals surface area contributed by atoms with Crippen LogP contribution in [0.1, 0.15) is 37.5 Å². The van der Waals surface area contributed by atoms with Crippen LogP contribution < -0.4 is 10.3 Å². The summed E-state index contributed by atoms with van der Waals surface area (Å²) in [5, 5.41) is 0. The van der Waals surface area contributed by atoms with Gasteiger partial charge in [-0.2, -0.15) is 0 Å². The third-order valence-corrected chi connectivity index (χ3v) is 5.71. The van der Waals surface area contributed by atoms with Gasteiger partial charge in [0.2, 0.25) is 0 Å². The van der Waals surface area contributed by atoms with Crippen LogP contribution in [0, 0.1) is 6.92 Å². The van der Waals surface area contributed by atoms with Gasteiger partial charge in [0, 0.05) is 55.8 Å². The highest BCUT2D eigenvalue weighted by Crippen LogP contribution is 2.25. The zero-order valence-corrected chi connectivity index (χ0v) is 18.6. The molecular formula is C25H25N3O5. The van der Waals surface area contributed by atoms with Crippen molar-refractivity contribution in [2.45, 2.75) is 26.5 Å². The molecule has 0 saturated heterocycles. The summed E-state index contributed by atoms with van der Waals surface area (Å²) >= 11 is 0. The van der Waals surface area contributed by atoms with Crippen LogP contribution in [-0.2, 0) is 24.3 Å². The molecule has 0 saturated carbocycles. The summed E-state index contributed by atoms with van der Waals surface area (Å²) in [6.45, 7) is 3.14. The highest BCUT2D eigenvalue weighted by molar-refractivity contribution is 5.95. The van der Waals surface area contributed by atoms with Gasteiger partial charge in [0.05, 0.1) is 7.11 Å². The van der Waals surface area contributed by atoms with E-state index in [1.165, 1.54) is 17.7 Å². The average Bonchev–Trinajstić information content (AvgIpc) is 3.07. The Hall–Kier alpha value is -3.94. The number of rotatable bonds is 5. The lowest BCUT2D eigenvalue weighted by atomic mass is 10.1. The highest BCUT2D eigenvalue weighted by Gasteiger charge is 2.27. The number of aryl methyl sites for hydroxylation is 1. The first kappa shape index (κ1) is 22.3. The standard InChI is InChI=1S/C25H25N3O5/c1-17-3-5-19(6-4-17)24(30)27-12-9-20-23(25(31)32-2)21(15-22(29)28(20)14-13-27)33-16-18-7-10-26-11-8-18/h3-8,10-11,15H,9,12-14,16H2,1-2H3. The van der Waals surface area contributed by atoms with E-state index in [9.17, 15) is 14.4 Å². The SMILES string of the molecule is COC(=O)c1c(OCc2ccncc2)cc(=O)n2c1CCN(C(=O)c1ccc(C)cc1)CC2. The number of fused-ring (bicyclic) bond motifs is 1. The zero-order valence-electron chi connectivity index (χ0n) is 18.6. The Labute approximate surface area is 191 Å². The number of aromatic nitrogens is 2. The summed E-state index contributed by atoms with van der Waals surface area (Å²) in [6, 6.07) is 12.3. The van der Waals surface area contributed by atoms with Crippen molar-refractivity contribution in [3.8, 4) is 5.75 Å². The Kier molecular flexibility index (Phi) is 6.53. The molecule has 0 radical (unpaired) electrons. The second-order valence-corrected chi connectivity index (χ2v) is 7.86. The van der Waals surface area contributed by atoms with Gasteiger partial charge in [-0.3, -0.25) is 14.6 Å². The fourth-order valence-electron chi connectivity index (χ4n) is 3.91. The van der Waals surface area contributed by atoms with Crippen molar-refractivity contribution in [2.75, 3.05) is 20.2 Å². The fraction of sp³-hybridized carbons (Fsp3) is 0.280. The van der Waals surface area contributed by atoms with Gasteiger partial charge in [-0.25, -0.2) is 4.79 Å². The Morgan fingerprint density at radius 3 is 2.45 bits per heavy atom. The van der Waals surface area contributed by atoms with Crippen LogP contribution >= 0.6 is 0 Å². The summed E-state index contributed by atoms with van der Waals surface area (Å²) in [5.74, 6) is -0.514. The molecule has 0 unspecified atom stereocenters. The molecule has 1 aromatic carbocycles. The first-order valence-electron chi connectivity index (χ1n) is 10.7. The van der Waals surface area contributed by atoms with Gasteiger partial charge in [-0.1, -0.05) is 17.7 Å². The molecule has 0 bridgehead atoms. The van der Waals surface area contributed by atoms with Crippen molar-refractivity contribution >= 4 is 11.9 Å². The summed E-state index contributed by atoms with van der Waals surface area (Å²) in [4.78, 5) is 44.3. The van der Waals surface area contributed by atoms with E-state index < -0.39 is 5.97 Å². The van der Waals surface area contributed by atoms with Crippen LogP contribution in [0.5, 0.6) is 5.75 Å². The van der Waals surface area contributed by atoms with E-state index in [2.05, 4.69) is 4.98 Å². The van der Waals surface area contributed by atoms with Crippen molar-refractivity contribution in [2.24, 2.45) is 0 Å². The minimum absolute atomic E-state index is 0.107. The van der Waals surface area contributed by atoms with E-state index in [0.29, 0.717) is 30.8 Å². The predicted molar refractivity (Wildman–Crippen MR) is 121 cm³/mol. The summed E-state index contributed by atoms with van der Waals surface area (Å²) < 4.78 is 12.4. The third-order valence-electron chi connectivity index (χ3n) is 5.71. The molecule has 170 valence electrons. The largest absolute Gasteiger partial charge is 0.488 e. The van der Waals surface area contributed by atoms with E-state index in [1.54, 1.807) is 41.6 Å².